The molecule has 1 aliphatic rings. The molecule has 23 heavy (non-hydrogen) atoms. The molecule has 1 aromatic carbocycles. The summed E-state index contributed by atoms with van der Waals surface area (Å²) < 4.78 is 0. The second-order valence-electron chi connectivity index (χ2n) is 5.39. The standard InChI is InChI=1S/C16H16N4O3/c21-15(20-12-4-5-12)11-3-1-2-10(6-11)7-18-14-9-17-13(8-19-14)16(22)23/h1-3,6,8-9,12H,4-5,7H2,(H,18,19)(H,20,21)(H,22,23). The molecule has 3 N–H and O–H groups in total. The van der Waals surface area contributed by atoms with E-state index >= 15 is 0 Å². The molecule has 1 heterocycles. The number of aromatic carboxylic acids is 1. The summed E-state index contributed by atoms with van der Waals surface area (Å²) in [6.45, 7) is 0.464. The number of anilines is 1. The van der Waals surface area contributed by atoms with Crippen molar-refractivity contribution in [2.45, 2.75) is 25.4 Å². The lowest BCUT2D eigenvalue weighted by atomic mass is 10.1. The molecule has 7 nitrogen and oxygen atoms in total. The Morgan fingerprint density at radius 2 is 2.04 bits per heavy atom. The molecule has 0 radical (unpaired) electrons. The van der Waals surface area contributed by atoms with Gasteiger partial charge in [-0.3, -0.25) is 4.79 Å². The average molecular weight is 312 g/mol. The molecule has 0 unspecified atom stereocenters. The number of rotatable bonds is 6. The minimum atomic E-state index is -1.11. The second-order valence-corrected chi connectivity index (χ2v) is 5.39. The van der Waals surface area contributed by atoms with Gasteiger partial charge in [0.15, 0.2) is 5.69 Å². The third-order valence-corrected chi connectivity index (χ3v) is 3.45. The Morgan fingerprint density at radius 1 is 1.22 bits per heavy atom. The lowest BCUT2D eigenvalue weighted by Crippen LogP contribution is -2.25. The third-order valence-electron chi connectivity index (χ3n) is 3.45. The Kier molecular flexibility index (Phi) is 4.18. The highest BCUT2D eigenvalue weighted by atomic mass is 16.4. The number of nitrogens with one attached hydrogen (secondary N) is 2. The summed E-state index contributed by atoms with van der Waals surface area (Å²) in [6.07, 6.45) is 4.67. The van der Waals surface area contributed by atoms with Crippen molar-refractivity contribution >= 4 is 17.7 Å². The van der Waals surface area contributed by atoms with Gasteiger partial charge in [-0.1, -0.05) is 12.1 Å². The molecular weight excluding hydrogens is 296 g/mol. The van der Waals surface area contributed by atoms with E-state index in [4.69, 9.17) is 5.11 Å². The number of amides is 1. The monoisotopic (exact) mass is 312 g/mol. The number of carboxylic acid groups (broad SMARTS) is 1. The highest BCUT2D eigenvalue weighted by molar-refractivity contribution is 5.94. The number of carboxylic acids is 1. The average Bonchev–Trinajstić information content (AvgIpc) is 3.37. The van der Waals surface area contributed by atoms with Crippen molar-refractivity contribution in [1.29, 1.82) is 0 Å². The van der Waals surface area contributed by atoms with Crippen LogP contribution in [-0.2, 0) is 6.54 Å². The predicted molar refractivity (Wildman–Crippen MR) is 83.2 cm³/mol. The molecule has 0 atom stereocenters. The van der Waals surface area contributed by atoms with E-state index in [1.165, 1.54) is 12.4 Å². The first-order valence-electron chi connectivity index (χ1n) is 7.31. The normalized spacial score (nSPS) is 13.4. The first-order valence-corrected chi connectivity index (χ1v) is 7.31. The van der Waals surface area contributed by atoms with E-state index in [1.807, 2.05) is 18.2 Å². The molecule has 7 heteroatoms. The van der Waals surface area contributed by atoms with Gasteiger partial charge in [0.1, 0.15) is 5.82 Å². The van der Waals surface area contributed by atoms with E-state index in [0.29, 0.717) is 24.0 Å². The van der Waals surface area contributed by atoms with E-state index in [2.05, 4.69) is 20.6 Å². The summed E-state index contributed by atoms with van der Waals surface area (Å²) in [7, 11) is 0. The molecule has 1 aromatic heterocycles. The number of benzene rings is 1. The maximum absolute atomic E-state index is 12.0. The number of carbonyl (C=O) groups is 2. The molecule has 3 rings (SSSR count). The summed E-state index contributed by atoms with van der Waals surface area (Å²) >= 11 is 0. The summed E-state index contributed by atoms with van der Waals surface area (Å²) in [5.74, 6) is -0.693. The van der Waals surface area contributed by atoms with Gasteiger partial charge in [0.05, 0.1) is 12.4 Å². The molecule has 0 spiro atoms. The molecule has 1 amide bonds. The largest absolute Gasteiger partial charge is 0.476 e. The molecule has 0 aliphatic heterocycles. The third kappa shape index (κ3) is 4.03. The van der Waals surface area contributed by atoms with Crippen LogP contribution in [0.25, 0.3) is 0 Å². The zero-order chi connectivity index (χ0) is 16.2. The predicted octanol–water partition coefficient (Wildman–Crippen LogP) is 1.68. The smallest absolute Gasteiger partial charge is 0.356 e. The first kappa shape index (κ1) is 15.0. The van der Waals surface area contributed by atoms with Gasteiger partial charge in [-0.05, 0) is 30.5 Å². The molecule has 2 aromatic rings. The van der Waals surface area contributed by atoms with Crippen LogP contribution in [0.15, 0.2) is 36.7 Å². The van der Waals surface area contributed by atoms with Crippen LogP contribution in [0, 0.1) is 0 Å². The zero-order valence-corrected chi connectivity index (χ0v) is 12.3. The van der Waals surface area contributed by atoms with E-state index in [-0.39, 0.29) is 11.6 Å². The summed E-state index contributed by atoms with van der Waals surface area (Å²) in [6, 6.07) is 7.66. The topological polar surface area (TPSA) is 104 Å². The lowest BCUT2D eigenvalue weighted by molar-refractivity contribution is 0.0689. The van der Waals surface area contributed by atoms with Crippen molar-refractivity contribution < 1.29 is 14.7 Å². The Hall–Kier alpha value is -2.96. The van der Waals surface area contributed by atoms with Crippen molar-refractivity contribution in [3.05, 3.63) is 53.5 Å². The van der Waals surface area contributed by atoms with Crippen molar-refractivity contribution in [2.75, 3.05) is 5.32 Å². The molecule has 1 aliphatic carbocycles. The van der Waals surface area contributed by atoms with Crippen molar-refractivity contribution in [2.24, 2.45) is 0 Å². The van der Waals surface area contributed by atoms with Gasteiger partial charge in [0.25, 0.3) is 5.91 Å². The van der Waals surface area contributed by atoms with Gasteiger partial charge in [-0.2, -0.15) is 0 Å². The van der Waals surface area contributed by atoms with Gasteiger partial charge >= 0.3 is 5.97 Å². The molecule has 118 valence electrons. The maximum Gasteiger partial charge on any atom is 0.356 e. The number of nitrogens with zero attached hydrogens (tertiary/aromatic N) is 2. The van der Waals surface area contributed by atoms with Crippen LogP contribution in [0.4, 0.5) is 5.82 Å². The van der Waals surface area contributed by atoms with Crippen molar-refractivity contribution in [1.82, 2.24) is 15.3 Å². The van der Waals surface area contributed by atoms with Crippen LogP contribution >= 0.6 is 0 Å². The Balaban J connectivity index is 1.61. The first-order chi connectivity index (χ1) is 11.1. The maximum atomic E-state index is 12.0. The zero-order valence-electron chi connectivity index (χ0n) is 12.3. The molecule has 0 saturated heterocycles. The summed E-state index contributed by atoms with van der Waals surface area (Å²) in [5, 5.41) is 14.8. The van der Waals surface area contributed by atoms with Crippen LogP contribution in [0.2, 0.25) is 0 Å². The SMILES string of the molecule is O=C(NC1CC1)c1cccc(CNc2cnc(C(=O)O)cn2)c1. The Bertz CT molecular complexity index is 726. The number of carbonyl (C=O) groups excluding carboxylic acids is 1. The highest BCUT2D eigenvalue weighted by Gasteiger charge is 2.23. The van der Waals surface area contributed by atoms with Crippen LogP contribution in [0.5, 0.6) is 0 Å². The Labute approximate surface area is 132 Å². The number of aromatic nitrogens is 2. The quantitative estimate of drug-likeness (QED) is 0.749. The van der Waals surface area contributed by atoms with Crippen molar-refractivity contribution in [3.63, 3.8) is 0 Å². The molecule has 0 bridgehead atoms. The fourth-order valence-electron chi connectivity index (χ4n) is 2.04. The molecule has 1 fully saturated rings. The van der Waals surface area contributed by atoms with E-state index in [9.17, 15) is 9.59 Å². The Morgan fingerprint density at radius 3 is 2.70 bits per heavy atom. The van der Waals surface area contributed by atoms with Gasteiger partial charge in [0.2, 0.25) is 0 Å². The number of hydrogen-bond donors (Lipinski definition) is 3. The second kappa shape index (κ2) is 6.43. The minimum Gasteiger partial charge on any atom is -0.476 e. The van der Waals surface area contributed by atoms with E-state index < -0.39 is 5.97 Å². The van der Waals surface area contributed by atoms with Crippen LogP contribution in [0.1, 0.15) is 39.3 Å². The van der Waals surface area contributed by atoms with Crippen molar-refractivity contribution in [3.8, 4) is 0 Å². The summed E-state index contributed by atoms with van der Waals surface area (Å²) in [5.41, 5.74) is 1.45. The fraction of sp³-hybridized carbons (Fsp3) is 0.250. The van der Waals surface area contributed by atoms with E-state index in [1.54, 1.807) is 6.07 Å². The van der Waals surface area contributed by atoms with Gasteiger partial charge < -0.3 is 15.7 Å². The van der Waals surface area contributed by atoms with Crippen LogP contribution in [0.3, 0.4) is 0 Å². The van der Waals surface area contributed by atoms with Crippen LogP contribution in [-0.4, -0.2) is 33.0 Å². The summed E-state index contributed by atoms with van der Waals surface area (Å²) in [4.78, 5) is 30.5. The lowest BCUT2D eigenvalue weighted by Gasteiger charge is -2.08. The molecule has 1 saturated carbocycles. The highest BCUT2D eigenvalue weighted by Crippen LogP contribution is 2.19. The fourth-order valence-corrected chi connectivity index (χ4v) is 2.04. The minimum absolute atomic E-state index is 0.0556. The van der Waals surface area contributed by atoms with E-state index in [0.717, 1.165) is 18.4 Å². The number of hydrogen-bond acceptors (Lipinski definition) is 5. The van der Waals surface area contributed by atoms with Gasteiger partial charge in [-0.25, -0.2) is 14.8 Å². The van der Waals surface area contributed by atoms with Crippen LogP contribution < -0.4 is 10.6 Å². The van der Waals surface area contributed by atoms with Gasteiger partial charge in [0, 0.05) is 18.2 Å². The van der Waals surface area contributed by atoms with Gasteiger partial charge in [-0.15, -0.1) is 0 Å². The molecular formula is C16H16N4O3.